The molecule has 0 saturated carbocycles. The van der Waals surface area contributed by atoms with Crippen LogP contribution >= 0.6 is 23.2 Å². The highest BCUT2D eigenvalue weighted by molar-refractivity contribution is 7.92. The van der Waals surface area contributed by atoms with Crippen molar-refractivity contribution < 1.29 is 27.4 Å². The first kappa shape index (κ1) is 21.1. The Balaban J connectivity index is 2.65. The molecular formula is C17H17Cl2NO6S. The summed E-state index contributed by atoms with van der Waals surface area (Å²) >= 11 is 12.1. The lowest BCUT2D eigenvalue weighted by Crippen LogP contribution is -2.36. The third kappa shape index (κ3) is 4.58. The number of carbonyl (C=O) groups excluding carboxylic acids is 1. The molecular weight excluding hydrogens is 417 g/mol. The smallest absolute Gasteiger partial charge is 0.326 e. The van der Waals surface area contributed by atoms with Gasteiger partial charge < -0.3 is 14.2 Å². The van der Waals surface area contributed by atoms with E-state index >= 15 is 0 Å². The fraction of sp³-hybridized carbons (Fsp3) is 0.235. The van der Waals surface area contributed by atoms with E-state index in [1.807, 2.05) is 0 Å². The van der Waals surface area contributed by atoms with E-state index in [-0.39, 0.29) is 26.4 Å². The minimum atomic E-state index is -4.20. The van der Waals surface area contributed by atoms with Crippen molar-refractivity contribution in [2.24, 2.45) is 0 Å². The van der Waals surface area contributed by atoms with Crippen LogP contribution in [-0.2, 0) is 19.6 Å². The Morgan fingerprint density at radius 1 is 1.00 bits per heavy atom. The van der Waals surface area contributed by atoms with Gasteiger partial charge in [0, 0.05) is 5.02 Å². The predicted molar refractivity (Wildman–Crippen MR) is 103 cm³/mol. The maximum absolute atomic E-state index is 13.2. The molecule has 0 spiro atoms. The van der Waals surface area contributed by atoms with E-state index in [0.717, 1.165) is 11.4 Å². The minimum Gasteiger partial charge on any atom is -0.495 e. The zero-order valence-corrected chi connectivity index (χ0v) is 17.1. The Hall–Kier alpha value is -2.16. The number of esters is 1. The molecule has 2 rings (SSSR count). The van der Waals surface area contributed by atoms with Crippen LogP contribution in [0.1, 0.15) is 0 Å². The fourth-order valence-electron chi connectivity index (χ4n) is 2.27. The average Bonchev–Trinajstić information content (AvgIpc) is 2.65. The molecule has 27 heavy (non-hydrogen) atoms. The van der Waals surface area contributed by atoms with E-state index in [1.54, 1.807) is 0 Å². The molecule has 0 bridgehead atoms. The summed E-state index contributed by atoms with van der Waals surface area (Å²) in [6.45, 7) is -0.584. The Kier molecular flexibility index (Phi) is 6.80. The molecule has 0 aliphatic carbocycles. The highest BCUT2D eigenvalue weighted by Gasteiger charge is 2.30. The summed E-state index contributed by atoms with van der Waals surface area (Å²) in [6, 6.07) is 8.39. The maximum Gasteiger partial charge on any atom is 0.326 e. The van der Waals surface area contributed by atoms with E-state index < -0.39 is 22.5 Å². The van der Waals surface area contributed by atoms with Crippen LogP contribution in [-0.4, -0.2) is 42.3 Å². The third-order valence-electron chi connectivity index (χ3n) is 3.62. The SMILES string of the molecule is COC(=O)CN(c1cc(Cl)ccc1OC)S(=O)(=O)c1ccc(OC)c(Cl)c1. The van der Waals surface area contributed by atoms with E-state index in [2.05, 4.69) is 4.74 Å². The zero-order valence-electron chi connectivity index (χ0n) is 14.7. The van der Waals surface area contributed by atoms with Gasteiger partial charge in [0.15, 0.2) is 0 Å². The molecule has 0 saturated heterocycles. The largest absolute Gasteiger partial charge is 0.495 e. The molecule has 0 atom stereocenters. The summed E-state index contributed by atoms with van der Waals surface area (Å²) in [7, 11) is -0.256. The molecule has 0 aliphatic rings. The van der Waals surface area contributed by atoms with Crippen molar-refractivity contribution in [1.82, 2.24) is 0 Å². The number of anilines is 1. The van der Waals surface area contributed by atoms with Gasteiger partial charge in [0.2, 0.25) is 0 Å². The molecule has 0 aliphatic heterocycles. The molecule has 0 unspecified atom stereocenters. The number of hydrogen-bond donors (Lipinski definition) is 0. The normalized spacial score (nSPS) is 11.0. The summed E-state index contributed by atoms with van der Waals surface area (Å²) in [5.41, 5.74) is 0.0855. The van der Waals surface area contributed by atoms with Crippen LogP contribution < -0.4 is 13.8 Å². The van der Waals surface area contributed by atoms with Crippen molar-refractivity contribution in [1.29, 1.82) is 0 Å². The lowest BCUT2D eigenvalue weighted by molar-refractivity contribution is -0.138. The molecule has 0 heterocycles. The van der Waals surface area contributed by atoms with Crippen LogP contribution in [0.2, 0.25) is 10.0 Å². The maximum atomic E-state index is 13.2. The minimum absolute atomic E-state index is 0.0855. The number of carbonyl (C=O) groups is 1. The summed E-state index contributed by atoms with van der Waals surface area (Å²) in [4.78, 5) is 11.7. The molecule has 0 N–H and O–H groups in total. The monoisotopic (exact) mass is 433 g/mol. The highest BCUT2D eigenvalue weighted by atomic mass is 35.5. The molecule has 0 aromatic heterocycles. The Bertz CT molecular complexity index is 948. The lowest BCUT2D eigenvalue weighted by Gasteiger charge is -2.25. The standard InChI is InChI=1S/C17H17Cl2NO6S/c1-24-15-7-5-12(9-13(15)19)27(22,23)20(10-17(21)26-3)14-8-11(18)4-6-16(14)25-2/h4-9H,10H2,1-3H3. The summed E-state index contributed by atoms with van der Waals surface area (Å²) in [5, 5.41) is 0.373. The van der Waals surface area contributed by atoms with Crippen molar-refractivity contribution >= 4 is 44.9 Å². The molecule has 10 heteroatoms. The second kappa shape index (κ2) is 8.69. The third-order valence-corrected chi connectivity index (χ3v) is 5.91. The molecule has 7 nitrogen and oxygen atoms in total. The first-order chi connectivity index (χ1) is 12.7. The van der Waals surface area contributed by atoms with Crippen LogP contribution in [0.4, 0.5) is 5.69 Å². The average molecular weight is 434 g/mol. The van der Waals surface area contributed by atoms with Gasteiger partial charge in [-0.1, -0.05) is 23.2 Å². The summed E-state index contributed by atoms with van der Waals surface area (Å²) in [6.07, 6.45) is 0. The first-order valence-corrected chi connectivity index (χ1v) is 9.70. The number of methoxy groups -OCH3 is 3. The van der Waals surface area contributed by atoms with Crippen molar-refractivity contribution in [3.8, 4) is 11.5 Å². The van der Waals surface area contributed by atoms with E-state index in [0.29, 0.717) is 5.75 Å². The van der Waals surface area contributed by atoms with Crippen LogP contribution in [0.5, 0.6) is 11.5 Å². The van der Waals surface area contributed by atoms with Gasteiger partial charge in [0.1, 0.15) is 18.0 Å². The number of benzene rings is 2. The molecule has 146 valence electrons. The van der Waals surface area contributed by atoms with Crippen LogP contribution in [0.3, 0.4) is 0 Å². The molecule has 2 aromatic rings. The first-order valence-electron chi connectivity index (χ1n) is 7.51. The molecule has 0 amide bonds. The van der Waals surface area contributed by atoms with Crippen LogP contribution in [0.25, 0.3) is 0 Å². The Morgan fingerprint density at radius 3 is 2.19 bits per heavy atom. The van der Waals surface area contributed by atoms with E-state index in [9.17, 15) is 13.2 Å². The van der Waals surface area contributed by atoms with Gasteiger partial charge >= 0.3 is 5.97 Å². The molecule has 0 fully saturated rings. The number of nitrogens with zero attached hydrogens (tertiary/aromatic N) is 1. The van der Waals surface area contributed by atoms with Crippen molar-refractivity contribution in [3.05, 3.63) is 46.4 Å². The second-order valence-electron chi connectivity index (χ2n) is 5.20. The van der Waals surface area contributed by atoms with Gasteiger partial charge in [0.25, 0.3) is 10.0 Å². The van der Waals surface area contributed by atoms with E-state index in [4.69, 9.17) is 32.7 Å². The number of halogens is 2. The lowest BCUT2D eigenvalue weighted by atomic mass is 10.3. The number of sulfonamides is 1. The van der Waals surface area contributed by atoms with Crippen molar-refractivity contribution in [3.63, 3.8) is 0 Å². The predicted octanol–water partition coefficient (Wildman–Crippen LogP) is 3.38. The van der Waals surface area contributed by atoms with Gasteiger partial charge in [-0.05, 0) is 36.4 Å². The van der Waals surface area contributed by atoms with Crippen LogP contribution in [0.15, 0.2) is 41.3 Å². The van der Waals surface area contributed by atoms with Gasteiger partial charge in [-0.25, -0.2) is 8.42 Å². The van der Waals surface area contributed by atoms with Gasteiger partial charge in [-0.2, -0.15) is 0 Å². The van der Waals surface area contributed by atoms with Crippen LogP contribution in [0, 0.1) is 0 Å². The summed E-state index contributed by atoms with van der Waals surface area (Å²) in [5.74, 6) is -0.234. The van der Waals surface area contributed by atoms with Gasteiger partial charge in [-0.3, -0.25) is 9.10 Å². The Morgan fingerprint density at radius 2 is 1.63 bits per heavy atom. The number of ether oxygens (including phenoxy) is 3. The van der Waals surface area contributed by atoms with Crippen molar-refractivity contribution in [2.45, 2.75) is 4.90 Å². The molecule has 2 aromatic carbocycles. The van der Waals surface area contributed by atoms with Crippen molar-refractivity contribution in [2.75, 3.05) is 32.2 Å². The number of rotatable bonds is 7. The van der Waals surface area contributed by atoms with E-state index in [1.165, 1.54) is 50.6 Å². The summed E-state index contributed by atoms with van der Waals surface area (Å²) < 4.78 is 42.2. The highest BCUT2D eigenvalue weighted by Crippen LogP contribution is 2.36. The van der Waals surface area contributed by atoms with Gasteiger partial charge in [-0.15, -0.1) is 0 Å². The Labute approximate surface area is 167 Å². The number of hydrogen-bond acceptors (Lipinski definition) is 6. The second-order valence-corrected chi connectivity index (χ2v) is 7.91. The molecule has 0 radical (unpaired) electrons. The zero-order chi connectivity index (χ0) is 20.2. The fourth-order valence-corrected chi connectivity index (χ4v) is 4.20. The topological polar surface area (TPSA) is 82.1 Å². The quantitative estimate of drug-likeness (QED) is 0.622. The van der Waals surface area contributed by atoms with Gasteiger partial charge in [0.05, 0.1) is 36.9 Å².